The van der Waals surface area contributed by atoms with Gasteiger partial charge in [-0.15, -0.1) is 0 Å². The van der Waals surface area contributed by atoms with E-state index in [2.05, 4.69) is 38.5 Å². The highest BCUT2D eigenvalue weighted by atomic mass is 16.6. The SMILES string of the molecule is CC(=O)NCCOCCOCCOCCOCCC(=O)N1CCc2cc(Cn3nc(-c4ccc5oc(N)nc5c4)c4c(N)ncnc43)ccc2C1. The van der Waals surface area contributed by atoms with Gasteiger partial charge in [0, 0.05) is 32.1 Å². The molecule has 0 bridgehead atoms. The molecule has 51 heavy (non-hydrogen) atoms. The largest absolute Gasteiger partial charge is 0.424 e. The number of nitrogen functional groups attached to an aromatic ring is 2. The fraction of sp³-hybridized carbons (Fsp3) is 0.429. The number of amides is 2. The predicted octanol–water partition coefficient (Wildman–Crippen LogP) is 2.32. The Morgan fingerprint density at radius 2 is 1.65 bits per heavy atom. The third-order valence-corrected chi connectivity index (χ3v) is 8.40. The summed E-state index contributed by atoms with van der Waals surface area (Å²) in [5.41, 5.74) is 18.8. The van der Waals surface area contributed by atoms with Crippen molar-refractivity contribution >= 4 is 45.8 Å². The summed E-state index contributed by atoms with van der Waals surface area (Å²) in [5, 5.41) is 8.24. The number of nitrogens with two attached hydrogens (primary N) is 2. The van der Waals surface area contributed by atoms with Crippen LogP contribution in [0.25, 0.3) is 33.4 Å². The quantitative estimate of drug-likeness (QED) is 0.112. The van der Waals surface area contributed by atoms with E-state index in [4.69, 9.17) is 39.9 Å². The normalized spacial score (nSPS) is 12.8. The number of anilines is 2. The Kier molecular flexibility index (Phi) is 12.0. The first kappa shape index (κ1) is 35.7. The van der Waals surface area contributed by atoms with Gasteiger partial charge in [0.25, 0.3) is 6.01 Å². The lowest BCUT2D eigenvalue weighted by atomic mass is 9.97. The maximum Gasteiger partial charge on any atom is 0.292 e. The summed E-state index contributed by atoms with van der Waals surface area (Å²) in [5.74, 6) is 0.333. The summed E-state index contributed by atoms with van der Waals surface area (Å²) in [4.78, 5) is 38.6. The first-order valence-electron chi connectivity index (χ1n) is 16.9. The van der Waals surface area contributed by atoms with Gasteiger partial charge >= 0.3 is 0 Å². The van der Waals surface area contributed by atoms with Gasteiger partial charge in [-0.3, -0.25) is 9.59 Å². The van der Waals surface area contributed by atoms with Crippen LogP contribution in [0.5, 0.6) is 0 Å². The van der Waals surface area contributed by atoms with Gasteiger partial charge in [0.05, 0.1) is 71.2 Å². The third kappa shape index (κ3) is 9.35. The first-order valence-corrected chi connectivity index (χ1v) is 16.9. The number of carbonyl (C=O) groups is 2. The van der Waals surface area contributed by atoms with E-state index in [0.29, 0.717) is 119 Å². The lowest BCUT2D eigenvalue weighted by molar-refractivity contribution is -0.133. The van der Waals surface area contributed by atoms with Gasteiger partial charge in [-0.2, -0.15) is 10.1 Å². The standard InChI is InChI=1S/C35H43N9O7/c1-23(45)38-8-11-48-13-15-50-17-16-49-14-12-47-10-7-30(46)43-9-6-25-18-24(2-3-27(25)21-43)20-44-34-31(33(36)39-22-40-34)32(42-44)26-4-5-29-28(19-26)41-35(37)51-29/h2-5,18-19,22H,6-17,20-21H2,1H3,(H2,37,41)(H,38,45)(H2,36,39,40). The Balaban J connectivity index is 0.933. The third-order valence-electron chi connectivity index (χ3n) is 8.40. The lowest BCUT2D eigenvalue weighted by Crippen LogP contribution is -2.36. The molecule has 0 aliphatic carbocycles. The zero-order valence-electron chi connectivity index (χ0n) is 28.6. The van der Waals surface area contributed by atoms with Crippen molar-refractivity contribution < 1.29 is 33.0 Å². The number of rotatable bonds is 18. The Morgan fingerprint density at radius 1 is 0.902 bits per heavy atom. The van der Waals surface area contributed by atoms with Gasteiger partial charge in [-0.25, -0.2) is 14.6 Å². The molecule has 4 heterocycles. The number of oxazole rings is 1. The smallest absolute Gasteiger partial charge is 0.292 e. The fourth-order valence-electron chi connectivity index (χ4n) is 5.90. The van der Waals surface area contributed by atoms with Crippen LogP contribution in [0.2, 0.25) is 0 Å². The van der Waals surface area contributed by atoms with Crippen molar-refractivity contribution in [2.45, 2.75) is 32.9 Å². The molecule has 270 valence electrons. The van der Waals surface area contributed by atoms with Gasteiger partial charge in [-0.05, 0) is 41.3 Å². The van der Waals surface area contributed by atoms with Crippen LogP contribution in [0.3, 0.4) is 0 Å². The number of carbonyl (C=O) groups excluding carboxylic acids is 2. The number of hydrogen-bond donors (Lipinski definition) is 3. The van der Waals surface area contributed by atoms with Crippen LogP contribution in [0, 0.1) is 0 Å². The number of nitrogens with one attached hydrogen (secondary N) is 1. The van der Waals surface area contributed by atoms with Crippen LogP contribution in [0.15, 0.2) is 47.1 Å². The van der Waals surface area contributed by atoms with Crippen LogP contribution < -0.4 is 16.8 Å². The van der Waals surface area contributed by atoms with Crippen molar-refractivity contribution in [1.82, 2.24) is 34.9 Å². The second kappa shape index (κ2) is 17.2. The predicted molar refractivity (Wildman–Crippen MR) is 188 cm³/mol. The molecule has 0 saturated heterocycles. The minimum absolute atomic E-state index is 0.0673. The summed E-state index contributed by atoms with van der Waals surface area (Å²) in [6.07, 6.45) is 2.52. The van der Waals surface area contributed by atoms with Crippen LogP contribution in [0.4, 0.5) is 11.8 Å². The van der Waals surface area contributed by atoms with Crippen molar-refractivity contribution in [2.75, 3.05) is 77.4 Å². The van der Waals surface area contributed by atoms with Gasteiger partial charge < -0.3 is 45.0 Å². The van der Waals surface area contributed by atoms with Gasteiger partial charge in [0.15, 0.2) is 11.2 Å². The van der Waals surface area contributed by atoms with E-state index in [1.165, 1.54) is 18.8 Å². The van der Waals surface area contributed by atoms with E-state index in [1.807, 2.05) is 21.7 Å². The topological polar surface area (TPSA) is 208 Å². The lowest BCUT2D eigenvalue weighted by Gasteiger charge is -2.29. The van der Waals surface area contributed by atoms with Crippen LogP contribution in [-0.2, 0) is 48.0 Å². The molecule has 0 spiro atoms. The molecule has 1 aliphatic rings. The summed E-state index contributed by atoms with van der Waals surface area (Å²) < 4.78 is 29.2. The zero-order chi connectivity index (χ0) is 35.6. The molecule has 0 atom stereocenters. The molecular weight excluding hydrogens is 658 g/mol. The molecule has 6 rings (SSSR count). The van der Waals surface area contributed by atoms with Crippen LogP contribution >= 0.6 is 0 Å². The van der Waals surface area contributed by atoms with Crippen LogP contribution in [-0.4, -0.2) is 107 Å². The Labute approximate surface area is 294 Å². The minimum atomic E-state index is -0.0742. The zero-order valence-corrected chi connectivity index (χ0v) is 28.6. The van der Waals surface area contributed by atoms with Crippen molar-refractivity contribution in [3.8, 4) is 11.3 Å². The number of ether oxygens (including phenoxy) is 4. The van der Waals surface area contributed by atoms with Crippen molar-refractivity contribution in [3.05, 3.63) is 59.4 Å². The van der Waals surface area contributed by atoms with E-state index < -0.39 is 0 Å². The average molecular weight is 702 g/mol. The van der Waals surface area contributed by atoms with E-state index >= 15 is 0 Å². The Morgan fingerprint density at radius 3 is 2.41 bits per heavy atom. The first-order chi connectivity index (χ1) is 24.9. The monoisotopic (exact) mass is 701 g/mol. The molecule has 16 heteroatoms. The highest BCUT2D eigenvalue weighted by Crippen LogP contribution is 2.33. The molecule has 0 radical (unpaired) electrons. The maximum absolute atomic E-state index is 12.9. The Bertz CT molecular complexity index is 1960. The summed E-state index contributed by atoms with van der Waals surface area (Å²) in [6, 6.07) is 12.0. The van der Waals surface area contributed by atoms with E-state index in [0.717, 1.165) is 23.1 Å². The van der Waals surface area contributed by atoms with Gasteiger partial charge in [0.1, 0.15) is 23.4 Å². The molecule has 3 aromatic heterocycles. The van der Waals surface area contributed by atoms with E-state index in [1.54, 1.807) is 6.07 Å². The van der Waals surface area contributed by atoms with E-state index in [-0.39, 0.29) is 17.8 Å². The highest BCUT2D eigenvalue weighted by molar-refractivity contribution is 5.99. The molecule has 2 amide bonds. The van der Waals surface area contributed by atoms with E-state index in [9.17, 15) is 9.59 Å². The van der Waals surface area contributed by atoms with Crippen molar-refractivity contribution in [2.24, 2.45) is 0 Å². The molecule has 5 aromatic rings. The molecule has 2 aromatic carbocycles. The number of benzene rings is 2. The number of hydrogen-bond acceptors (Lipinski definition) is 13. The van der Waals surface area contributed by atoms with Crippen molar-refractivity contribution in [3.63, 3.8) is 0 Å². The molecule has 0 fully saturated rings. The average Bonchev–Trinajstić information content (AvgIpc) is 3.69. The van der Waals surface area contributed by atoms with Crippen LogP contribution in [0.1, 0.15) is 30.0 Å². The fourth-order valence-corrected chi connectivity index (χ4v) is 5.90. The number of fused-ring (bicyclic) bond motifs is 3. The minimum Gasteiger partial charge on any atom is -0.424 e. The van der Waals surface area contributed by atoms with Gasteiger partial charge in [0.2, 0.25) is 11.8 Å². The Hall–Kier alpha value is -5.16. The maximum atomic E-state index is 12.9. The second-order valence-corrected chi connectivity index (χ2v) is 12.0. The molecule has 16 nitrogen and oxygen atoms in total. The molecule has 0 unspecified atom stereocenters. The second-order valence-electron chi connectivity index (χ2n) is 12.0. The highest BCUT2D eigenvalue weighted by Gasteiger charge is 2.22. The molecule has 5 N–H and O–H groups in total. The summed E-state index contributed by atoms with van der Waals surface area (Å²) in [6.45, 7) is 7.08. The summed E-state index contributed by atoms with van der Waals surface area (Å²) in [7, 11) is 0. The molecular formula is C35H43N9O7. The molecule has 1 aliphatic heterocycles. The number of nitrogens with zero attached hydrogens (tertiary/aromatic N) is 6. The van der Waals surface area contributed by atoms with Gasteiger partial charge in [-0.1, -0.05) is 18.2 Å². The van der Waals surface area contributed by atoms with Crippen molar-refractivity contribution in [1.29, 1.82) is 0 Å². The number of aromatic nitrogens is 5. The molecule has 0 saturated carbocycles. The summed E-state index contributed by atoms with van der Waals surface area (Å²) >= 11 is 0.